The molecule has 1 aromatic carbocycles. The van der Waals surface area contributed by atoms with Crippen LogP contribution in [0.15, 0.2) is 23.9 Å². The summed E-state index contributed by atoms with van der Waals surface area (Å²) in [5.41, 5.74) is 0.903. The van der Waals surface area contributed by atoms with Crippen molar-refractivity contribution in [3.05, 3.63) is 34.5 Å². The first-order valence-electron chi connectivity index (χ1n) is 6.30. The first-order chi connectivity index (χ1) is 9.49. The van der Waals surface area contributed by atoms with Crippen LogP contribution in [-0.4, -0.2) is 18.0 Å². The Kier molecular flexibility index (Phi) is 4.29. The smallest absolute Gasteiger partial charge is 0.326 e. The van der Waals surface area contributed by atoms with E-state index in [0.29, 0.717) is 16.3 Å². The van der Waals surface area contributed by atoms with E-state index in [9.17, 15) is 9.59 Å². The average molecular weight is 295 g/mol. The van der Waals surface area contributed by atoms with Gasteiger partial charge in [0.1, 0.15) is 11.4 Å². The number of halogens is 1. The van der Waals surface area contributed by atoms with Gasteiger partial charge in [-0.15, -0.1) is 0 Å². The number of carbonyl (C=O) groups is 2. The Labute approximate surface area is 121 Å². The third-order valence-corrected chi connectivity index (χ3v) is 3.19. The minimum absolute atomic E-state index is 0.0802. The number of rotatable bonds is 4. The fourth-order valence-corrected chi connectivity index (χ4v) is 1.89. The van der Waals surface area contributed by atoms with Gasteiger partial charge in [-0.25, -0.2) is 4.79 Å². The molecule has 0 bridgehead atoms. The first kappa shape index (κ1) is 14.4. The molecule has 6 heteroatoms. The summed E-state index contributed by atoms with van der Waals surface area (Å²) < 4.78 is 5.66. The molecule has 1 heterocycles. The monoisotopic (exact) mass is 294 g/mol. The van der Waals surface area contributed by atoms with Gasteiger partial charge in [0.15, 0.2) is 0 Å². The highest BCUT2D eigenvalue weighted by Crippen LogP contribution is 2.27. The zero-order valence-electron chi connectivity index (χ0n) is 11.2. The fourth-order valence-electron chi connectivity index (χ4n) is 1.65. The molecular formula is C14H15ClN2O3. The van der Waals surface area contributed by atoms with Gasteiger partial charge in [0.2, 0.25) is 0 Å². The highest BCUT2D eigenvalue weighted by molar-refractivity contribution is 6.32. The number of benzene rings is 1. The predicted molar refractivity (Wildman–Crippen MR) is 76.5 cm³/mol. The summed E-state index contributed by atoms with van der Waals surface area (Å²) in [6.07, 6.45) is 2.52. The molecule has 1 fully saturated rings. The van der Waals surface area contributed by atoms with E-state index in [0.717, 1.165) is 6.42 Å². The molecule has 1 aromatic rings. The number of hydrogen-bond acceptors (Lipinski definition) is 3. The maximum absolute atomic E-state index is 11.4. The maximum atomic E-state index is 11.4. The van der Waals surface area contributed by atoms with E-state index < -0.39 is 11.9 Å². The van der Waals surface area contributed by atoms with Gasteiger partial charge < -0.3 is 10.1 Å². The van der Waals surface area contributed by atoms with Crippen LogP contribution in [0.3, 0.4) is 0 Å². The lowest BCUT2D eigenvalue weighted by Crippen LogP contribution is -2.22. The number of nitrogens with one attached hydrogen (secondary N) is 2. The summed E-state index contributed by atoms with van der Waals surface area (Å²) in [5, 5.41) is 5.01. The molecule has 0 spiro atoms. The van der Waals surface area contributed by atoms with Gasteiger partial charge in [0, 0.05) is 0 Å². The molecule has 0 unspecified atom stereocenters. The second-order valence-electron chi connectivity index (χ2n) is 4.49. The van der Waals surface area contributed by atoms with Gasteiger partial charge in [-0.05, 0) is 37.1 Å². The number of ether oxygens (including phenoxy) is 1. The summed E-state index contributed by atoms with van der Waals surface area (Å²) in [4.78, 5) is 22.4. The Morgan fingerprint density at radius 2 is 2.10 bits per heavy atom. The number of amides is 3. The normalized spacial score (nSPS) is 17.9. The summed E-state index contributed by atoms with van der Waals surface area (Å²) in [5.74, 6) is 0.147. The fraction of sp³-hybridized carbons (Fsp3) is 0.286. The van der Waals surface area contributed by atoms with Crippen molar-refractivity contribution >= 4 is 29.6 Å². The molecule has 5 nitrogen and oxygen atoms in total. The highest BCUT2D eigenvalue weighted by atomic mass is 35.5. The van der Waals surface area contributed by atoms with Crippen LogP contribution in [0.5, 0.6) is 5.75 Å². The zero-order valence-corrected chi connectivity index (χ0v) is 12.0. The van der Waals surface area contributed by atoms with Crippen molar-refractivity contribution in [1.82, 2.24) is 10.6 Å². The topological polar surface area (TPSA) is 67.4 Å². The predicted octanol–water partition coefficient (Wildman–Crippen LogP) is 2.70. The Balaban J connectivity index is 2.19. The molecule has 0 aromatic heterocycles. The largest absolute Gasteiger partial charge is 0.489 e. The lowest BCUT2D eigenvalue weighted by Gasteiger charge is -2.14. The van der Waals surface area contributed by atoms with E-state index in [1.165, 1.54) is 0 Å². The maximum Gasteiger partial charge on any atom is 0.326 e. The van der Waals surface area contributed by atoms with Crippen LogP contribution in [0.25, 0.3) is 6.08 Å². The Hall–Kier alpha value is -2.01. The second kappa shape index (κ2) is 5.96. The van der Waals surface area contributed by atoms with E-state index in [1.54, 1.807) is 24.3 Å². The molecule has 1 atom stereocenters. The van der Waals surface area contributed by atoms with Crippen LogP contribution < -0.4 is 15.4 Å². The molecule has 1 saturated heterocycles. The van der Waals surface area contributed by atoms with Crippen molar-refractivity contribution in [3.63, 3.8) is 0 Å². The summed E-state index contributed by atoms with van der Waals surface area (Å²) >= 11 is 6.14. The van der Waals surface area contributed by atoms with Crippen LogP contribution in [0.4, 0.5) is 4.79 Å². The van der Waals surface area contributed by atoms with Crippen molar-refractivity contribution in [2.24, 2.45) is 0 Å². The van der Waals surface area contributed by atoms with Crippen LogP contribution in [-0.2, 0) is 4.79 Å². The molecule has 1 aliphatic heterocycles. The molecule has 0 radical (unpaired) electrons. The van der Waals surface area contributed by atoms with Crippen molar-refractivity contribution in [2.75, 3.05) is 0 Å². The Morgan fingerprint density at radius 3 is 2.65 bits per heavy atom. The lowest BCUT2D eigenvalue weighted by molar-refractivity contribution is -0.115. The molecule has 0 saturated carbocycles. The molecule has 106 valence electrons. The minimum Gasteiger partial charge on any atom is -0.489 e. The standard InChI is InChI=1S/C14H15ClN2O3/c1-3-8(2)20-12-5-4-9(6-10(12)15)7-11-13(18)17-14(19)16-11/h4-8H,3H2,1-2H3,(H2,16,17,18,19)/b11-7+/t8-/m1/s1. The van der Waals surface area contributed by atoms with Gasteiger partial charge in [-0.1, -0.05) is 24.6 Å². The first-order valence-corrected chi connectivity index (χ1v) is 6.67. The average Bonchev–Trinajstić information content (AvgIpc) is 2.71. The number of imide groups is 1. The van der Waals surface area contributed by atoms with Gasteiger partial charge in [-0.3, -0.25) is 10.1 Å². The summed E-state index contributed by atoms with van der Waals surface area (Å²) in [6.45, 7) is 3.99. The third kappa shape index (κ3) is 3.30. The second-order valence-corrected chi connectivity index (χ2v) is 4.90. The van der Waals surface area contributed by atoms with E-state index in [1.807, 2.05) is 13.8 Å². The number of hydrogen-bond donors (Lipinski definition) is 2. The van der Waals surface area contributed by atoms with Crippen molar-refractivity contribution < 1.29 is 14.3 Å². The zero-order chi connectivity index (χ0) is 14.7. The molecule has 1 aliphatic rings. The highest BCUT2D eigenvalue weighted by Gasteiger charge is 2.22. The third-order valence-electron chi connectivity index (χ3n) is 2.89. The van der Waals surface area contributed by atoms with Crippen molar-refractivity contribution in [3.8, 4) is 5.75 Å². The van der Waals surface area contributed by atoms with E-state index in [4.69, 9.17) is 16.3 Å². The quantitative estimate of drug-likeness (QED) is 0.663. The molecule has 0 aliphatic carbocycles. The molecule has 20 heavy (non-hydrogen) atoms. The van der Waals surface area contributed by atoms with E-state index in [2.05, 4.69) is 10.6 Å². The molecule has 2 N–H and O–H groups in total. The van der Waals surface area contributed by atoms with Gasteiger partial charge in [-0.2, -0.15) is 0 Å². The SMILES string of the molecule is CC[C@@H](C)Oc1ccc(/C=C2/NC(=O)NC2=O)cc1Cl. The summed E-state index contributed by atoms with van der Waals surface area (Å²) in [6, 6.07) is 4.68. The number of carbonyl (C=O) groups excluding carboxylic acids is 2. The van der Waals surface area contributed by atoms with Gasteiger partial charge >= 0.3 is 6.03 Å². The van der Waals surface area contributed by atoms with E-state index >= 15 is 0 Å². The van der Waals surface area contributed by atoms with Crippen molar-refractivity contribution in [1.29, 1.82) is 0 Å². The van der Waals surface area contributed by atoms with E-state index in [-0.39, 0.29) is 11.8 Å². The minimum atomic E-state index is -0.524. The molecule has 3 amide bonds. The Bertz CT molecular complexity index is 584. The van der Waals surface area contributed by atoms with Crippen LogP contribution in [0, 0.1) is 0 Å². The van der Waals surface area contributed by atoms with Gasteiger partial charge in [0.25, 0.3) is 5.91 Å². The van der Waals surface area contributed by atoms with Crippen LogP contribution in [0.1, 0.15) is 25.8 Å². The van der Waals surface area contributed by atoms with Gasteiger partial charge in [0.05, 0.1) is 11.1 Å². The molecule has 2 rings (SSSR count). The molecular weight excluding hydrogens is 280 g/mol. The summed E-state index contributed by atoms with van der Waals surface area (Å²) in [7, 11) is 0. The van der Waals surface area contributed by atoms with Crippen LogP contribution >= 0.6 is 11.6 Å². The lowest BCUT2D eigenvalue weighted by atomic mass is 10.2. The Morgan fingerprint density at radius 1 is 1.35 bits per heavy atom. The van der Waals surface area contributed by atoms with Crippen LogP contribution in [0.2, 0.25) is 5.02 Å². The number of urea groups is 1. The van der Waals surface area contributed by atoms with Crippen molar-refractivity contribution in [2.45, 2.75) is 26.4 Å².